The number of benzene rings is 2. The average Bonchev–Trinajstić information content (AvgIpc) is 3.10. The van der Waals surface area contributed by atoms with Gasteiger partial charge in [-0.25, -0.2) is 13.5 Å². The first-order valence-corrected chi connectivity index (χ1v) is 9.10. The molecule has 7 heteroatoms. The first kappa shape index (κ1) is 17.7. The number of nitrogens with zero attached hydrogens (tertiary/aromatic N) is 4. The standard InChI is InChI=1S/C20H22F2N4O/c1-13(2)24-7-9-25(10-8-24)15-3-5-16(6-4-15)26-19-14(12-23-26)11-17(21)20(27)18(19)22/h3-6,11-13,27H,7-10H2,1-2H3. The molecule has 0 bridgehead atoms. The zero-order chi connectivity index (χ0) is 19.1. The zero-order valence-corrected chi connectivity index (χ0v) is 15.4. The number of hydrogen-bond acceptors (Lipinski definition) is 4. The Balaban J connectivity index is 1.60. The average molecular weight is 372 g/mol. The molecule has 3 aromatic rings. The minimum Gasteiger partial charge on any atom is -0.503 e. The molecule has 1 aliphatic rings. The molecule has 4 rings (SSSR count). The Kier molecular flexibility index (Phi) is 4.47. The summed E-state index contributed by atoms with van der Waals surface area (Å²) in [7, 11) is 0. The largest absolute Gasteiger partial charge is 0.503 e. The summed E-state index contributed by atoms with van der Waals surface area (Å²) < 4.78 is 29.2. The molecule has 0 unspecified atom stereocenters. The number of halogens is 2. The van der Waals surface area contributed by atoms with E-state index < -0.39 is 17.4 Å². The van der Waals surface area contributed by atoms with Gasteiger partial charge in [0.05, 0.1) is 11.9 Å². The molecule has 0 radical (unpaired) electrons. The molecule has 1 fully saturated rings. The van der Waals surface area contributed by atoms with Gasteiger partial charge in [0.15, 0.2) is 17.4 Å². The van der Waals surface area contributed by atoms with Crippen LogP contribution in [-0.2, 0) is 0 Å². The molecule has 0 atom stereocenters. The van der Waals surface area contributed by atoms with Crippen molar-refractivity contribution in [2.24, 2.45) is 0 Å². The van der Waals surface area contributed by atoms with Gasteiger partial charge in [0, 0.05) is 43.3 Å². The van der Waals surface area contributed by atoms with Gasteiger partial charge >= 0.3 is 0 Å². The van der Waals surface area contributed by atoms with Crippen LogP contribution in [0, 0.1) is 11.6 Å². The van der Waals surface area contributed by atoms with Gasteiger partial charge in [-0.15, -0.1) is 0 Å². The topological polar surface area (TPSA) is 44.5 Å². The number of fused-ring (bicyclic) bond motifs is 1. The zero-order valence-electron chi connectivity index (χ0n) is 15.4. The lowest BCUT2D eigenvalue weighted by atomic mass is 10.2. The van der Waals surface area contributed by atoms with Crippen LogP contribution < -0.4 is 4.90 Å². The SMILES string of the molecule is CC(C)N1CCN(c2ccc(-n3ncc4cc(F)c(O)c(F)c43)cc2)CC1. The summed E-state index contributed by atoms with van der Waals surface area (Å²) in [5.74, 6) is -2.98. The van der Waals surface area contributed by atoms with E-state index in [-0.39, 0.29) is 5.52 Å². The quantitative estimate of drug-likeness (QED) is 0.764. The van der Waals surface area contributed by atoms with Crippen LogP contribution >= 0.6 is 0 Å². The van der Waals surface area contributed by atoms with Gasteiger partial charge in [0.1, 0.15) is 5.52 Å². The predicted molar refractivity (Wildman–Crippen MR) is 102 cm³/mol. The normalized spacial score (nSPS) is 15.8. The van der Waals surface area contributed by atoms with Crippen molar-refractivity contribution in [3.05, 3.63) is 48.2 Å². The van der Waals surface area contributed by atoms with E-state index in [0.717, 1.165) is 37.9 Å². The fourth-order valence-corrected chi connectivity index (χ4v) is 3.61. The summed E-state index contributed by atoms with van der Waals surface area (Å²) in [6.07, 6.45) is 1.39. The molecule has 1 N–H and O–H groups in total. The summed E-state index contributed by atoms with van der Waals surface area (Å²) in [5.41, 5.74) is 1.82. The van der Waals surface area contributed by atoms with Crippen LogP contribution in [0.3, 0.4) is 0 Å². The third-order valence-corrected chi connectivity index (χ3v) is 5.23. The van der Waals surface area contributed by atoms with Crippen LogP contribution in [0.5, 0.6) is 5.75 Å². The van der Waals surface area contributed by atoms with Gasteiger partial charge in [0.2, 0.25) is 0 Å². The molecule has 0 amide bonds. The van der Waals surface area contributed by atoms with Crippen molar-refractivity contribution in [3.8, 4) is 11.4 Å². The summed E-state index contributed by atoms with van der Waals surface area (Å²) in [6, 6.07) is 9.32. The Morgan fingerprint density at radius 2 is 1.63 bits per heavy atom. The van der Waals surface area contributed by atoms with E-state index in [1.54, 1.807) is 0 Å². The number of rotatable bonds is 3. The Hall–Kier alpha value is -2.67. The van der Waals surface area contributed by atoms with E-state index in [1.807, 2.05) is 24.3 Å². The van der Waals surface area contributed by atoms with Gasteiger partial charge in [-0.05, 0) is 44.2 Å². The molecule has 1 aromatic heterocycles. The number of phenolic OH excluding ortho intramolecular Hbond substituents is 1. The Morgan fingerprint density at radius 1 is 1.00 bits per heavy atom. The molecule has 0 saturated carbocycles. The predicted octanol–water partition coefficient (Wildman–Crippen LogP) is 3.54. The van der Waals surface area contributed by atoms with Crippen molar-refractivity contribution < 1.29 is 13.9 Å². The maximum absolute atomic E-state index is 14.3. The fraction of sp³-hybridized carbons (Fsp3) is 0.350. The smallest absolute Gasteiger partial charge is 0.194 e. The summed E-state index contributed by atoms with van der Waals surface area (Å²) in [6.45, 7) is 8.40. The minimum absolute atomic E-state index is 0.0622. The number of piperazine rings is 1. The molecule has 0 spiro atoms. The van der Waals surface area contributed by atoms with Crippen LogP contribution in [0.2, 0.25) is 0 Å². The van der Waals surface area contributed by atoms with Gasteiger partial charge in [-0.2, -0.15) is 5.10 Å². The monoisotopic (exact) mass is 372 g/mol. The molecule has 2 aromatic carbocycles. The molecule has 2 heterocycles. The lowest BCUT2D eigenvalue weighted by Gasteiger charge is -2.38. The van der Waals surface area contributed by atoms with Crippen molar-refractivity contribution in [2.75, 3.05) is 31.1 Å². The second kappa shape index (κ2) is 6.81. The van der Waals surface area contributed by atoms with Crippen LogP contribution in [0.15, 0.2) is 36.5 Å². The summed E-state index contributed by atoms with van der Waals surface area (Å²) in [5, 5.41) is 14.0. The minimum atomic E-state index is -1.00. The number of hydrogen-bond donors (Lipinski definition) is 1. The molecule has 0 aliphatic carbocycles. The van der Waals surface area contributed by atoms with Crippen molar-refractivity contribution in [1.82, 2.24) is 14.7 Å². The summed E-state index contributed by atoms with van der Waals surface area (Å²) in [4.78, 5) is 4.78. The number of phenols is 1. The van der Waals surface area contributed by atoms with Crippen LogP contribution in [-0.4, -0.2) is 52.0 Å². The van der Waals surface area contributed by atoms with E-state index in [0.29, 0.717) is 17.1 Å². The van der Waals surface area contributed by atoms with Gasteiger partial charge in [0.25, 0.3) is 0 Å². The van der Waals surface area contributed by atoms with Gasteiger partial charge in [-0.1, -0.05) is 0 Å². The molecular formula is C20H22F2N4O. The van der Waals surface area contributed by atoms with E-state index in [2.05, 4.69) is 28.7 Å². The highest BCUT2D eigenvalue weighted by molar-refractivity contribution is 5.82. The van der Waals surface area contributed by atoms with Crippen molar-refractivity contribution in [3.63, 3.8) is 0 Å². The van der Waals surface area contributed by atoms with Crippen molar-refractivity contribution in [1.29, 1.82) is 0 Å². The maximum atomic E-state index is 14.3. The number of aromatic nitrogens is 2. The molecule has 5 nitrogen and oxygen atoms in total. The molecule has 27 heavy (non-hydrogen) atoms. The third kappa shape index (κ3) is 3.12. The Labute approximate surface area is 156 Å². The molecule has 1 aliphatic heterocycles. The maximum Gasteiger partial charge on any atom is 0.194 e. The first-order valence-electron chi connectivity index (χ1n) is 9.10. The molecular weight excluding hydrogens is 350 g/mol. The van der Waals surface area contributed by atoms with Crippen molar-refractivity contribution >= 4 is 16.6 Å². The Morgan fingerprint density at radius 3 is 2.26 bits per heavy atom. The molecule has 1 saturated heterocycles. The third-order valence-electron chi connectivity index (χ3n) is 5.23. The van der Waals surface area contributed by atoms with Gasteiger partial charge in [-0.3, -0.25) is 4.90 Å². The summed E-state index contributed by atoms with van der Waals surface area (Å²) >= 11 is 0. The lowest BCUT2D eigenvalue weighted by Crippen LogP contribution is -2.48. The van der Waals surface area contributed by atoms with E-state index >= 15 is 0 Å². The second-order valence-electron chi connectivity index (χ2n) is 7.15. The Bertz CT molecular complexity index is 960. The highest BCUT2D eigenvalue weighted by Crippen LogP contribution is 2.30. The fourth-order valence-electron chi connectivity index (χ4n) is 3.61. The van der Waals surface area contributed by atoms with Crippen LogP contribution in [0.1, 0.15) is 13.8 Å². The number of anilines is 1. The lowest BCUT2D eigenvalue weighted by molar-refractivity contribution is 0.209. The molecule has 142 valence electrons. The van der Waals surface area contributed by atoms with E-state index in [9.17, 15) is 13.9 Å². The van der Waals surface area contributed by atoms with Gasteiger partial charge < -0.3 is 10.0 Å². The highest BCUT2D eigenvalue weighted by Gasteiger charge is 2.20. The second-order valence-corrected chi connectivity index (χ2v) is 7.15. The highest BCUT2D eigenvalue weighted by atomic mass is 19.1. The van der Waals surface area contributed by atoms with Crippen molar-refractivity contribution in [2.45, 2.75) is 19.9 Å². The van der Waals surface area contributed by atoms with Crippen LogP contribution in [0.25, 0.3) is 16.6 Å². The van der Waals surface area contributed by atoms with E-state index in [1.165, 1.54) is 10.9 Å². The van der Waals surface area contributed by atoms with Crippen LogP contribution in [0.4, 0.5) is 14.5 Å². The van der Waals surface area contributed by atoms with E-state index in [4.69, 9.17) is 0 Å². The first-order chi connectivity index (χ1) is 13.0. The number of aromatic hydroxyl groups is 1.